The molecular weight excluding hydrogens is 256 g/mol. The highest BCUT2D eigenvalue weighted by Crippen LogP contribution is 2.19. The molecule has 1 heterocycles. The van der Waals surface area contributed by atoms with Crippen LogP contribution in [0.5, 0.6) is 0 Å². The first-order chi connectivity index (χ1) is 9.61. The molecule has 20 heavy (non-hydrogen) atoms. The van der Waals surface area contributed by atoms with E-state index in [0.29, 0.717) is 18.8 Å². The average Bonchev–Trinajstić information content (AvgIpc) is 2.86. The largest absolute Gasteiger partial charge is 0.336 e. The number of urea groups is 1. The van der Waals surface area contributed by atoms with Crippen molar-refractivity contribution in [2.45, 2.75) is 12.5 Å². The van der Waals surface area contributed by atoms with Gasteiger partial charge in [-0.3, -0.25) is 9.69 Å². The quantitative estimate of drug-likeness (QED) is 0.698. The summed E-state index contributed by atoms with van der Waals surface area (Å²) in [5, 5.41) is 5.40. The Morgan fingerprint density at radius 3 is 2.75 bits per heavy atom. The third-order valence-corrected chi connectivity index (χ3v) is 2.98. The zero-order valence-electron chi connectivity index (χ0n) is 10.9. The summed E-state index contributed by atoms with van der Waals surface area (Å²) in [6.07, 6.45) is 5.30. The molecule has 1 aromatic carbocycles. The number of amides is 3. The number of nitrogens with zero attached hydrogens (tertiary/aromatic N) is 1. The number of anilines is 2. The van der Waals surface area contributed by atoms with Gasteiger partial charge in [0.05, 0.1) is 6.04 Å². The molecular formula is C14H16N4O2. The van der Waals surface area contributed by atoms with Crippen molar-refractivity contribution in [3.63, 3.8) is 0 Å². The maximum Gasteiger partial charge on any atom is 0.321 e. The third-order valence-electron chi connectivity index (χ3n) is 2.98. The summed E-state index contributed by atoms with van der Waals surface area (Å²) in [6.45, 7) is 1.27. The van der Waals surface area contributed by atoms with Crippen molar-refractivity contribution >= 4 is 23.3 Å². The fourth-order valence-corrected chi connectivity index (χ4v) is 1.90. The van der Waals surface area contributed by atoms with E-state index in [9.17, 15) is 9.59 Å². The Balaban J connectivity index is 2.00. The topological polar surface area (TPSA) is 87.5 Å². The zero-order chi connectivity index (χ0) is 14.5. The molecule has 0 saturated carbocycles. The smallest absolute Gasteiger partial charge is 0.321 e. The highest BCUT2D eigenvalue weighted by Gasteiger charge is 2.20. The molecule has 6 nitrogen and oxygen atoms in total. The van der Waals surface area contributed by atoms with E-state index in [1.165, 1.54) is 0 Å². The van der Waals surface area contributed by atoms with Gasteiger partial charge in [-0.1, -0.05) is 0 Å². The Kier molecular flexibility index (Phi) is 4.23. The van der Waals surface area contributed by atoms with Crippen LogP contribution in [-0.4, -0.2) is 31.1 Å². The van der Waals surface area contributed by atoms with E-state index in [1.54, 1.807) is 29.2 Å². The van der Waals surface area contributed by atoms with Gasteiger partial charge in [-0.15, -0.1) is 12.3 Å². The lowest BCUT2D eigenvalue weighted by Crippen LogP contribution is -2.35. The number of hydrogen-bond donors (Lipinski definition) is 3. The van der Waals surface area contributed by atoms with Crippen molar-refractivity contribution in [2.24, 2.45) is 5.73 Å². The summed E-state index contributed by atoms with van der Waals surface area (Å²) in [4.78, 5) is 24.8. The van der Waals surface area contributed by atoms with Gasteiger partial charge < -0.3 is 16.4 Å². The number of hydrogen-bond acceptors (Lipinski definition) is 3. The number of terminal acetylenes is 1. The number of nitrogens with one attached hydrogen (secondary N) is 2. The SMILES string of the molecule is C#CCC(N)C(=O)Nc1ccc(N2CCNC2=O)cc1. The molecule has 0 spiro atoms. The Bertz CT molecular complexity index is 547. The van der Waals surface area contributed by atoms with Crippen LogP contribution in [0.4, 0.5) is 16.2 Å². The van der Waals surface area contributed by atoms with Crippen LogP contribution in [0, 0.1) is 12.3 Å². The van der Waals surface area contributed by atoms with E-state index in [0.717, 1.165) is 5.69 Å². The van der Waals surface area contributed by atoms with Gasteiger partial charge in [-0.05, 0) is 24.3 Å². The fraction of sp³-hybridized carbons (Fsp3) is 0.286. The molecule has 3 amide bonds. The Labute approximate surface area is 117 Å². The van der Waals surface area contributed by atoms with E-state index < -0.39 is 6.04 Å². The van der Waals surface area contributed by atoms with Gasteiger partial charge >= 0.3 is 6.03 Å². The van der Waals surface area contributed by atoms with Gasteiger partial charge in [0.15, 0.2) is 0 Å². The van der Waals surface area contributed by atoms with Crippen LogP contribution in [0.1, 0.15) is 6.42 Å². The molecule has 1 fully saturated rings. The zero-order valence-corrected chi connectivity index (χ0v) is 10.9. The molecule has 1 atom stereocenters. The fourth-order valence-electron chi connectivity index (χ4n) is 1.90. The lowest BCUT2D eigenvalue weighted by molar-refractivity contribution is -0.117. The number of carbonyl (C=O) groups is 2. The molecule has 0 aliphatic carbocycles. The first kappa shape index (κ1) is 13.9. The lowest BCUT2D eigenvalue weighted by atomic mass is 10.2. The van der Waals surface area contributed by atoms with E-state index in [1.807, 2.05) is 0 Å². The number of carbonyl (C=O) groups excluding carboxylic acids is 2. The molecule has 6 heteroatoms. The first-order valence-electron chi connectivity index (χ1n) is 6.27. The standard InChI is InChI=1S/C14H16N4O2/c1-2-3-12(15)13(19)17-10-4-6-11(7-5-10)18-9-8-16-14(18)20/h1,4-7,12H,3,8-9,15H2,(H,16,20)(H,17,19). The number of nitrogens with two attached hydrogens (primary N) is 1. The highest BCUT2D eigenvalue weighted by atomic mass is 16.2. The van der Waals surface area contributed by atoms with E-state index in [-0.39, 0.29) is 18.4 Å². The van der Waals surface area contributed by atoms with E-state index in [4.69, 9.17) is 12.2 Å². The number of rotatable bonds is 4. The molecule has 2 rings (SSSR count). The molecule has 0 bridgehead atoms. The summed E-state index contributed by atoms with van der Waals surface area (Å²) in [6, 6.07) is 6.16. The predicted octanol–water partition coefficient (Wildman–Crippen LogP) is 0.505. The van der Waals surface area contributed by atoms with Gasteiger partial charge in [-0.2, -0.15) is 0 Å². The van der Waals surface area contributed by atoms with Crippen molar-refractivity contribution in [1.29, 1.82) is 0 Å². The average molecular weight is 272 g/mol. The van der Waals surface area contributed by atoms with Crippen LogP contribution in [-0.2, 0) is 4.79 Å². The minimum absolute atomic E-state index is 0.113. The van der Waals surface area contributed by atoms with Crippen LogP contribution in [0.15, 0.2) is 24.3 Å². The summed E-state index contributed by atoms with van der Waals surface area (Å²) >= 11 is 0. The normalized spacial score (nSPS) is 15.4. The van der Waals surface area contributed by atoms with Crippen molar-refractivity contribution in [1.82, 2.24) is 5.32 Å². The molecule has 1 aliphatic heterocycles. The molecule has 1 saturated heterocycles. The highest BCUT2D eigenvalue weighted by molar-refractivity contribution is 5.96. The van der Waals surface area contributed by atoms with Crippen LogP contribution in [0.3, 0.4) is 0 Å². The van der Waals surface area contributed by atoms with Gasteiger partial charge in [-0.25, -0.2) is 4.79 Å². The summed E-state index contributed by atoms with van der Waals surface area (Å²) < 4.78 is 0. The molecule has 104 valence electrons. The Morgan fingerprint density at radius 2 is 2.20 bits per heavy atom. The molecule has 4 N–H and O–H groups in total. The Morgan fingerprint density at radius 1 is 1.50 bits per heavy atom. The van der Waals surface area contributed by atoms with Crippen molar-refractivity contribution < 1.29 is 9.59 Å². The first-order valence-corrected chi connectivity index (χ1v) is 6.27. The van der Waals surface area contributed by atoms with Crippen LogP contribution >= 0.6 is 0 Å². The minimum atomic E-state index is -0.718. The van der Waals surface area contributed by atoms with Crippen LogP contribution < -0.4 is 21.3 Å². The summed E-state index contributed by atoms with van der Waals surface area (Å²) in [5.41, 5.74) is 7.01. The van der Waals surface area contributed by atoms with E-state index >= 15 is 0 Å². The van der Waals surface area contributed by atoms with E-state index in [2.05, 4.69) is 16.6 Å². The second-order valence-corrected chi connectivity index (χ2v) is 4.43. The predicted molar refractivity (Wildman–Crippen MR) is 77.2 cm³/mol. The second-order valence-electron chi connectivity index (χ2n) is 4.43. The third kappa shape index (κ3) is 3.08. The van der Waals surface area contributed by atoms with Crippen molar-refractivity contribution in [3.05, 3.63) is 24.3 Å². The Hall–Kier alpha value is -2.52. The van der Waals surface area contributed by atoms with Gasteiger partial charge in [0.1, 0.15) is 0 Å². The summed E-state index contributed by atoms with van der Waals surface area (Å²) in [5.74, 6) is 2.02. The molecule has 0 aromatic heterocycles. The molecule has 0 radical (unpaired) electrons. The lowest BCUT2D eigenvalue weighted by Gasteiger charge is -2.15. The van der Waals surface area contributed by atoms with Gasteiger partial charge in [0.2, 0.25) is 5.91 Å². The number of benzene rings is 1. The van der Waals surface area contributed by atoms with Gasteiger partial charge in [0.25, 0.3) is 0 Å². The maximum absolute atomic E-state index is 11.7. The molecule has 1 unspecified atom stereocenters. The maximum atomic E-state index is 11.7. The van der Waals surface area contributed by atoms with Crippen molar-refractivity contribution in [3.8, 4) is 12.3 Å². The monoisotopic (exact) mass is 272 g/mol. The summed E-state index contributed by atoms with van der Waals surface area (Å²) in [7, 11) is 0. The molecule has 1 aliphatic rings. The molecule has 1 aromatic rings. The van der Waals surface area contributed by atoms with Crippen LogP contribution in [0.2, 0.25) is 0 Å². The van der Waals surface area contributed by atoms with Crippen LogP contribution in [0.25, 0.3) is 0 Å². The second kappa shape index (κ2) is 6.08. The minimum Gasteiger partial charge on any atom is -0.336 e. The van der Waals surface area contributed by atoms with Gasteiger partial charge in [0, 0.05) is 30.9 Å². The van der Waals surface area contributed by atoms with Crippen molar-refractivity contribution in [2.75, 3.05) is 23.3 Å².